The minimum atomic E-state index is -1.13. The number of halogens is 2. The highest BCUT2D eigenvalue weighted by Crippen LogP contribution is 2.61. The first-order valence-electron chi connectivity index (χ1n) is 8.79. The number of hydrogen-bond donors (Lipinski definition) is 0. The van der Waals surface area contributed by atoms with E-state index in [1.807, 2.05) is 0 Å². The molecule has 2 saturated heterocycles. The van der Waals surface area contributed by atoms with Crippen LogP contribution in [0.25, 0.3) is 0 Å². The second kappa shape index (κ2) is 6.82. The fourth-order valence-electron chi connectivity index (χ4n) is 3.43. The maximum absolute atomic E-state index is 3.83. The molecule has 2 nitrogen and oxygen atoms in total. The first kappa shape index (κ1) is 17.7. The molecule has 0 N–H and O–H groups in total. The van der Waals surface area contributed by atoms with E-state index in [1.54, 1.807) is 0 Å². The van der Waals surface area contributed by atoms with Crippen LogP contribution in [0.3, 0.4) is 0 Å². The Bertz CT molecular complexity index is 733. The van der Waals surface area contributed by atoms with Gasteiger partial charge >= 0.3 is 0 Å². The largest absolute Gasteiger partial charge is 0.371 e. The van der Waals surface area contributed by atoms with E-state index in [9.17, 15) is 0 Å². The molecule has 2 fully saturated rings. The molecule has 5 heteroatoms. The lowest BCUT2D eigenvalue weighted by Gasteiger charge is -2.39. The lowest BCUT2D eigenvalue weighted by Crippen LogP contribution is -2.37. The summed E-state index contributed by atoms with van der Waals surface area (Å²) < 4.78 is 2.44. The van der Waals surface area contributed by atoms with E-state index >= 15 is 0 Å². The van der Waals surface area contributed by atoms with E-state index in [4.69, 9.17) is 0 Å². The van der Waals surface area contributed by atoms with Crippen molar-refractivity contribution < 1.29 is 0 Å². The zero-order chi connectivity index (χ0) is 17.6. The average Bonchev–Trinajstić information content (AvgIpc) is 2.47. The van der Waals surface area contributed by atoms with Gasteiger partial charge in [0.05, 0.1) is 0 Å². The van der Waals surface area contributed by atoms with Crippen LogP contribution < -0.4 is 9.80 Å². The Balaban J connectivity index is 1.76. The molecule has 0 amide bonds. The first-order chi connectivity index (χ1) is 12.0. The summed E-state index contributed by atoms with van der Waals surface area (Å²) in [4.78, 5) is 7.80. The Morgan fingerprint density at radius 1 is 0.720 bits per heavy atom. The van der Waals surface area contributed by atoms with Crippen molar-refractivity contribution in [2.24, 2.45) is 0 Å². The van der Waals surface area contributed by atoms with Gasteiger partial charge in [0.1, 0.15) is 0 Å². The number of nitrogens with zero attached hydrogens (tertiary/aromatic N) is 2. The maximum atomic E-state index is 3.83. The van der Waals surface area contributed by atoms with Gasteiger partial charge in [0.15, 0.2) is 0 Å². The Hall–Kier alpha value is -0.650. The smallest absolute Gasteiger partial charge is 0.0377 e. The summed E-state index contributed by atoms with van der Waals surface area (Å²) in [5.41, 5.74) is 2.72. The summed E-state index contributed by atoms with van der Waals surface area (Å²) in [6.07, 6.45) is 7.44. The van der Waals surface area contributed by atoms with E-state index in [2.05, 4.69) is 90.6 Å². The predicted octanol–water partition coefficient (Wildman–Crippen LogP) is 6.11. The van der Waals surface area contributed by atoms with Crippen molar-refractivity contribution in [2.45, 2.75) is 22.6 Å². The van der Waals surface area contributed by atoms with Gasteiger partial charge < -0.3 is 9.80 Å². The molecule has 0 bridgehead atoms. The zero-order valence-electron chi connectivity index (χ0n) is 14.8. The van der Waals surface area contributed by atoms with Crippen LogP contribution >= 0.6 is 41.9 Å². The molecule has 0 unspecified atom stereocenters. The molecule has 0 radical (unpaired) electrons. The SMILES string of the molecule is CS(C)(c1cc(N2CCC2)ccc1Br)c1cc(N2CCC2)ccc1Br. The van der Waals surface area contributed by atoms with Crippen molar-refractivity contribution in [1.82, 2.24) is 0 Å². The van der Waals surface area contributed by atoms with Gasteiger partial charge in [-0.15, -0.1) is 0 Å². The summed E-state index contributed by atoms with van der Waals surface area (Å²) in [7, 11) is -1.13. The molecular formula is C20H24Br2N2S. The van der Waals surface area contributed by atoms with Gasteiger partial charge in [-0.05, 0) is 93.6 Å². The fraction of sp³-hybridized carbons (Fsp3) is 0.400. The third-order valence-corrected chi connectivity index (χ3v) is 10.2. The molecule has 2 aromatic carbocycles. The number of anilines is 2. The second-order valence-electron chi connectivity index (χ2n) is 7.24. The molecule has 2 heterocycles. The number of benzene rings is 2. The number of rotatable bonds is 4. The summed E-state index contributed by atoms with van der Waals surface area (Å²) >= 11 is 7.65. The van der Waals surface area contributed by atoms with E-state index in [-0.39, 0.29) is 0 Å². The van der Waals surface area contributed by atoms with Gasteiger partial charge in [0, 0.05) is 56.3 Å². The van der Waals surface area contributed by atoms with Crippen molar-refractivity contribution in [3.8, 4) is 0 Å². The Morgan fingerprint density at radius 2 is 1.12 bits per heavy atom. The molecule has 0 saturated carbocycles. The molecule has 0 aromatic heterocycles. The highest BCUT2D eigenvalue weighted by Gasteiger charge is 2.26. The molecule has 0 spiro atoms. The van der Waals surface area contributed by atoms with Crippen molar-refractivity contribution in [3.63, 3.8) is 0 Å². The van der Waals surface area contributed by atoms with Crippen molar-refractivity contribution in [1.29, 1.82) is 0 Å². The molecule has 25 heavy (non-hydrogen) atoms. The topological polar surface area (TPSA) is 6.48 Å². The van der Waals surface area contributed by atoms with Crippen LogP contribution in [-0.4, -0.2) is 38.7 Å². The molecule has 2 aliphatic heterocycles. The van der Waals surface area contributed by atoms with E-state index in [0.29, 0.717) is 0 Å². The summed E-state index contributed by atoms with van der Waals surface area (Å²) in [5, 5.41) is 0. The second-order valence-corrected chi connectivity index (χ2v) is 12.5. The van der Waals surface area contributed by atoms with E-state index < -0.39 is 10.0 Å². The van der Waals surface area contributed by atoms with Crippen LogP contribution in [-0.2, 0) is 0 Å². The third kappa shape index (κ3) is 3.24. The van der Waals surface area contributed by atoms with Gasteiger partial charge in [0.25, 0.3) is 0 Å². The lowest BCUT2D eigenvalue weighted by atomic mass is 10.2. The lowest BCUT2D eigenvalue weighted by molar-refractivity contribution is 0.617. The maximum Gasteiger partial charge on any atom is 0.0377 e. The molecule has 2 aromatic rings. The van der Waals surface area contributed by atoms with Crippen LogP contribution in [0.15, 0.2) is 55.1 Å². The van der Waals surface area contributed by atoms with Gasteiger partial charge in [-0.1, -0.05) is 0 Å². The zero-order valence-corrected chi connectivity index (χ0v) is 18.8. The monoisotopic (exact) mass is 482 g/mol. The van der Waals surface area contributed by atoms with Gasteiger partial charge in [0.2, 0.25) is 0 Å². The van der Waals surface area contributed by atoms with Crippen molar-refractivity contribution in [3.05, 3.63) is 45.3 Å². The van der Waals surface area contributed by atoms with Crippen LogP contribution in [0.1, 0.15) is 12.8 Å². The highest BCUT2D eigenvalue weighted by molar-refractivity contribution is 9.11. The minimum absolute atomic E-state index is 1.13. The highest BCUT2D eigenvalue weighted by atomic mass is 79.9. The van der Waals surface area contributed by atoms with Crippen molar-refractivity contribution >= 4 is 53.3 Å². The summed E-state index contributed by atoms with van der Waals surface area (Å²) in [6.45, 7) is 4.74. The van der Waals surface area contributed by atoms with Gasteiger partial charge in [-0.2, -0.15) is 10.0 Å². The van der Waals surface area contributed by atoms with E-state index in [0.717, 1.165) is 0 Å². The number of hydrogen-bond acceptors (Lipinski definition) is 2. The Labute approximate surface area is 169 Å². The van der Waals surface area contributed by atoms with Crippen LogP contribution in [0.4, 0.5) is 11.4 Å². The first-order valence-corrected chi connectivity index (χ1v) is 12.8. The summed E-state index contributed by atoms with van der Waals surface area (Å²) in [6, 6.07) is 13.8. The normalized spacial score (nSPS) is 17.9. The minimum Gasteiger partial charge on any atom is -0.371 e. The standard InChI is InChI=1S/C20H24Br2N2S/c1-25(2,19-13-15(5-7-17(19)21)23-9-3-10-23)20-14-16(6-8-18(20)22)24-11-4-12-24/h5-8,13-14H,3-4,9-12H2,1-2H3. The van der Waals surface area contributed by atoms with Crippen molar-refractivity contribution in [2.75, 3.05) is 48.5 Å². The molecule has 4 rings (SSSR count). The molecule has 0 aliphatic carbocycles. The van der Waals surface area contributed by atoms with Gasteiger partial charge in [-0.25, -0.2) is 0 Å². The quantitative estimate of drug-likeness (QED) is 0.517. The fourth-order valence-corrected chi connectivity index (χ4v) is 8.53. The van der Waals surface area contributed by atoms with Gasteiger partial charge in [-0.3, -0.25) is 0 Å². The summed E-state index contributed by atoms with van der Waals surface area (Å²) in [5.74, 6) is 0. The van der Waals surface area contributed by atoms with Crippen LogP contribution in [0.5, 0.6) is 0 Å². The third-order valence-electron chi connectivity index (χ3n) is 5.37. The Morgan fingerprint density at radius 3 is 1.44 bits per heavy atom. The van der Waals surface area contributed by atoms with Crippen LogP contribution in [0.2, 0.25) is 0 Å². The molecule has 0 atom stereocenters. The molecular weight excluding hydrogens is 460 g/mol. The molecule has 2 aliphatic rings. The average molecular weight is 484 g/mol. The van der Waals surface area contributed by atoms with E-state index in [1.165, 1.54) is 69.1 Å². The predicted molar refractivity (Wildman–Crippen MR) is 118 cm³/mol. The Kier molecular flexibility index (Phi) is 4.84. The molecule has 134 valence electrons. The van der Waals surface area contributed by atoms with Crippen LogP contribution in [0, 0.1) is 0 Å².